The molecule has 0 aromatic heterocycles. The van der Waals surface area contributed by atoms with Gasteiger partial charge in [0.05, 0.1) is 5.25 Å². The maximum Gasteiger partial charge on any atom is 0.243 e. The van der Waals surface area contributed by atoms with Gasteiger partial charge in [0.1, 0.15) is 13.2 Å². The van der Waals surface area contributed by atoms with Crippen molar-refractivity contribution >= 4 is 35.3 Å². The van der Waals surface area contributed by atoms with Gasteiger partial charge in [-0.15, -0.1) is 0 Å². The van der Waals surface area contributed by atoms with Gasteiger partial charge in [-0.1, -0.05) is 0 Å². The number of carbonyl (C=O) groups excluding carboxylic acids is 4. The number of ether oxygens (including phenoxy) is 1. The Morgan fingerprint density at radius 2 is 2.14 bits per heavy atom. The topological polar surface area (TPSA) is 92.8 Å². The van der Waals surface area contributed by atoms with E-state index in [0.717, 1.165) is 4.90 Å². The number of nitrogens with one attached hydrogen (secondary N) is 1. The number of nitrogens with zero attached hydrogens (tertiary/aromatic N) is 1. The van der Waals surface area contributed by atoms with E-state index in [2.05, 4.69) is 5.32 Å². The highest BCUT2D eigenvalue weighted by molar-refractivity contribution is 8.00. The number of hydrogen-bond acceptors (Lipinski definition) is 6. The molecule has 1 aliphatic heterocycles. The van der Waals surface area contributed by atoms with E-state index in [4.69, 9.17) is 4.74 Å². The number of imide groups is 1. The Hall–Kier alpha value is -1.41. The van der Waals surface area contributed by atoms with Gasteiger partial charge in [0.25, 0.3) is 0 Å². The SMILES string of the molecule is CSC1CC(=O)N(CC(=O)NCCCOCC(C)=O)C1=O. The summed E-state index contributed by atoms with van der Waals surface area (Å²) in [6.45, 7) is 2.02. The van der Waals surface area contributed by atoms with Crippen LogP contribution in [0.2, 0.25) is 0 Å². The molecule has 0 saturated carbocycles. The van der Waals surface area contributed by atoms with E-state index < -0.39 is 0 Å². The van der Waals surface area contributed by atoms with Gasteiger partial charge in [-0.3, -0.25) is 24.1 Å². The molecule has 0 aliphatic carbocycles. The molecule has 0 spiro atoms. The van der Waals surface area contributed by atoms with Crippen LogP contribution in [0.3, 0.4) is 0 Å². The molecule has 3 amide bonds. The van der Waals surface area contributed by atoms with Crippen LogP contribution in [0.1, 0.15) is 19.8 Å². The van der Waals surface area contributed by atoms with Crippen LogP contribution in [0.25, 0.3) is 0 Å². The number of Topliss-reactive ketones (excluding diaryl/α,β-unsaturated/α-hetero) is 1. The molecule has 0 aromatic rings. The van der Waals surface area contributed by atoms with Gasteiger partial charge in [0.2, 0.25) is 17.7 Å². The first-order chi connectivity index (χ1) is 9.95. The third kappa shape index (κ3) is 5.84. The van der Waals surface area contributed by atoms with E-state index in [1.54, 1.807) is 6.26 Å². The van der Waals surface area contributed by atoms with E-state index in [1.165, 1.54) is 18.7 Å². The Morgan fingerprint density at radius 3 is 2.71 bits per heavy atom. The van der Waals surface area contributed by atoms with Gasteiger partial charge in [0, 0.05) is 19.6 Å². The molecule has 118 valence electrons. The van der Waals surface area contributed by atoms with Crippen molar-refractivity contribution in [1.29, 1.82) is 0 Å². The lowest BCUT2D eigenvalue weighted by Gasteiger charge is -2.14. The largest absolute Gasteiger partial charge is 0.374 e. The third-order valence-electron chi connectivity index (χ3n) is 2.88. The predicted octanol–water partition coefficient (Wildman–Crippen LogP) is -0.411. The molecule has 1 unspecified atom stereocenters. The Labute approximate surface area is 127 Å². The van der Waals surface area contributed by atoms with Gasteiger partial charge in [-0.25, -0.2) is 0 Å². The summed E-state index contributed by atoms with van der Waals surface area (Å²) in [7, 11) is 0. The Balaban J connectivity index is 2.20. The minimum Gasteiger partial charge on any atom is -0.374 e. The van der Waals surface area contributed by atoms with Gasteiger partial charge in [-0.05, 0) is 19.6 Å². The average molecular weight is 316 g/mol. The lowest BCUT2D eigenvalue weighted by atomic mass is 10.4. The Bertz CT molecular complexity index is 427. The van der Waals surface area contributed by atoms with Crippen LogP contribution in [-0.4, -0.2) is 66.2 Å². The average Bonchev–Trinajstić information content (AvgIpc) is 2.69. The first-order valence-corrected chi connectivity index (χ1v) is 7.95. The summed E-state index contributed by atoms with van der Waals surface area (Å²) in [5.74, 6) is -1.02. The smallest absolute Gasteiger partial charge is 0.243 e. The molecule has 1 heterocycles. The first kappa shape index (κ1) is 17.6. The molecule has 0 radical (unpaired) electrons. The number of ketones is 1. The fraction of sp³-hybridized carbons (Fsp3) is 0.692. The van der Waals surface area contributed by atoms with Crippen LogP contribution in [0, 0.1) is 0 Å². The molecular formula is C13H20N2O5S. The third-order valence-corrected chi connectivity index (χ3v) is 3.82. The summed E-state index contributed by atoms with van der Waals surface area (Å²) in [5.41, 5.74) is 0. The first-order valence-electron chi connectivity index (χ1n) is 6.66. The van der Waals surface area contributed by atoms with Gasteiger partial charge >= 0.3 is 0 Å². The van der Waals surface area contributed by atoms with Crippen molar-refractivity contribution in [1.82, 2.24) is 10.2 Å². The highest BCUT2D eigenvalue weighted by Crippen LogP contribution is 2.22. The van der Waals surface area contributed by atoms with Gasteiger partial charge in [0.15, 0.2) is 5.78 Å². The molecule has 1 saturated heterocycles. The lowest BCUT2D eigenvalue weighted by molar-refractivity contribution is -0.142. The molecule has 1 aliphatic rings. The summed E-state index contributed by atoms with van der Waals surface area (Å²) in [5, 5.41) is 2.24. The number of carbonyl (C=O) groups is 4. The molecule has 1 N–H and O–H groups in total. The summed E-state index contributed by atoms with van der Waals surface area (Å²) >= 11 is 1.32. The Morgan fingerprint density at radius 1 is 1.43 bits per heavy atom. The van der Waals surface area contributed by atoms with E-state index in [-0.39, 0.29) is 48.3 Å². The van der Waals surface area contributed by atoms with Gasteiger partial charge < -0.3 is 10.1 Å². The summed E-state index contributed by atoms with van der Waals surface area (Å²) in [4.78, 5) is 46.7. The van der Waals surface area contributed by atoms with Crippen LogP contribution in [0.5, 0.6) is 0 Å². The highest BCUT2D eigenvalue weighted by Gasteiger charge is 2.38. The summed E-state index contributed by atoms with van der Waals surface area (Å²) in [6, 6.07) is 0. The number of rotatable bonds is 9. The zero-order valence-corrected chi connectivity index (χ0v) is 13.0. The molecule has 1 fully saturated rings. The summed E-state index contributed by atoms with van der Waals surface area (Å²) < 4.78 is 5.05. The van der Waals surface area contributed by atoms with Crippen LogP contribution >= 0.6 is 11.8 Å². The van der Waals surface area contributed by atoms with E-state index >= 15 is 0 Å². The quantitative estimate of drug-likeness (QED) is 0.459. The van der Waals surface area contributed by atoms with Crippen molar-refractivity contribution < 1.29 is 23.9 Å². The maximum absolute atomic E-state index is 11.8. The molecule has 0 aromatic carbocycles. The standard InChI is InChI=1S/C13H20N2O5S/c1-9(16)8-20-5-3-4-14-11(17)7-15-12(18)6-10(21-2)13(15)19/h10H,3-8H2,1-2H3,(H,14,17). The van der Waals surface area contributed by atoms with Crippen LogP contribution in [-0.2, 0) is 23.9 Å². The fourth-order valence-corrected chi connectivity index (χ4v) is 2.46. The minimum atomic E-state index is -0.370. The van der Waals surface area contributed by atoms with Crippen molar-refractivity contribution in [2.45, 2.75) is 25.0 Å². The molecular weight excluding hydrogens is 296 g/mol. The lowest BCUT2D eigenvalue weighted by Crippen LogP contribution is -2.41. The van der Waals surface area contributed by atoms with Crippen molar-refractivity contribution in [3.63, 3.8) is 0 Å². The van der Waals surface area contributed by atoms with Crippen LogP contribution in [0.4, 0.5) is 0 Å². The van der Waals surface area contributed by atoms with Crippen molar-refractivity contribution in [3.8, 4) is 0 Å². The number of likely N-dealkylation sites (tertiary alicyclic amines) is 1. The molecule has 0 bridgehead atoms. The second kappa shape index (κ2) is 8.78. The minimum absolute atomic E-state index is 0.0477. The van der Waals surface area contributed by atoms with Crippen LogP contribution < -0.4 is 5.32 Å². The molecule has 8 heteroatoms. The maximum atomic E-state index is 11.8. The second-order valence-corrected chi connectivity index (χ2v) is 5.75. The zero-order chi connectivity index (χ0) is 15.8. The van der Waals surface area contributed by atoms with Gasteiger partial charge in [-0.2, -0.15) is 11.8 Å². The van der Waals surface area contributed by atoms with E-state index in [0.29, 0.717) is 19.6 Å². The number of amides is 3. The normalized spacial score (nSPS) is 18.2. The molecule has 1 atom stereocenters. The van der Waals surface area contributed by atoms with Crippen molar-refractivity contribution in [2.24, 2.45) is 0 Å². The number of thioether (sulfide) groups is 1. The van der Waals surface area contributed by atoms with Crippen molar-refractivity contribution in [2.75, 3.05) is 32.6 Å². The van der Waals surface area contributed by atoms with E-state index in [1.807, 2.05) is 0 Å². The number of hydrogen-bond donors (Lipinski definition) is 1. The molecule has 7 nitrogen and oxygen atoms in total. The Kier molecular flexibility index (Phi) is 7.38. The molecule has 21 heavy (non-hydrogen) atoms. The fourth-order valence-electron chi connectivity index (χ4n) is 1.82. The monoisotopic (exact) mass is 316 g/mol. The highest BCUT2D eigenvalue weighted by atomic mass is 32.2. The molecule has 1 rings (SSSR count). The van der Waals surface area contributed by atoms with Crippen LogP contribution in [0.15, 0.2) is 0 Å². The van der Waals surface area contributed by atoms with Crippen molar-refractivity contribution in [3.05, 3.63) is 0 Å². The zero-order valence-electron chi connectivity index (χ0n) is 12.2. The van der Waals surface area contributed by atoms with E-state index in [9.17, 15) is 19.2 Å². The predicted molar refractivity (Wildman–Crippen MR) is 77.8 cm³/mol. The summed E-state index contributed by atoms with van der Waals surface area (Å²) in [6.07, 6.45) is 2.49. The second-order valence-electron chi connectivity index (χ2n) is 4.70.